The van der Waals surface area contributed by atoms with Crippen LogP contribution < -0.4 is 11.1 Å². The first-order valence-electron chi connectivity index (χ1n) is 7.21. The molecule has 0 saturated carbocycles. The van der Waals surface area contributed by atoms with E-state index in [9.17, 15) is 4.39 Å². The van der Waals surface area contributed by atoms with Crippen LogP contribution in [-0.4, -0.2) is 0 Å². The van der Waals surface area contributed by atoms with Crippen molar-refractivity contribution in [1.82, 2.24) is 5.32 Å². The molecule has 2 heterocycles. The Hall–Kier alpha value is -2.13. The highest BCUT2D eigenvalue weighted by molar-refractivity contribution is 5.59. The summed E-state index contributed by atoms with van der Waals surface area (Å²) in [6.07, 6.45) is 10.1. The largest absolute Gasteiger partial charge is 0.400 e. The molecule has 3 N–H and O–H groups in total. The van der Waals surface area contributed by atoms with Crippen molar-refractivity contribution in [2.75, 3.05) is 0 Å². The van der Waals surface area contributed by atoms with Gasteiger partial charge in [0.1, 0.15) is 11.4 Å². The molecule has 2 nitrogen and oxygen atoms in total. The summed E-state index contributed by atoms with van der Waals surface area (Å²) in [5, 5.41) is 3.61. The van der Waals surface area contributed by atoms with E-state index in [1.54, 1.807) is 6.07 Å². The molecule has 3 aliphatic rings. The Labute approximate surface area is 123 Å². The molecule has 0 amide bonds. The van der Waals surface area contributed by atoms with Crippen LogP contribution in [0.4, 0.5) is 4.39 Å². The number of nitrogens with one attached hydrogen (secondary N) is 1. The van der Waals surface area contributed by atoms with E-state index < -0.39 is 5.54 Å². The van der Waals surface area contributed by atoms with Gasteiger partial charge in [-0.15, -0.1) is 0 Å². The van der Waals surface area contributed by atoms with E-state index in [2.05, 4.69) is 30.1 Å². The standard InChI is InChI=1S/C18H17FN2/c1-11(20)18-15-6-4-2-3-5-12(15)9-17(21-18)14-8-7-13(19)10-16(14)18/h2-5,7-8,10,17,21H,1,6,9,20H2. The van der Waals surface area contributed by atoms with Gasteiger partial charge < -0.3 is 5.73 Å². The SMILES string of the molecule is C=C(N)C12NC(CC3=C1CC=CC=C3)c1ccc(F)cc12. The van der Waals surface area contributed by atoms with E-state index in [1.165, 1.54) is 17.2 Å². The van der Waals surface area contributed by atoms with Crippen LogP contribution in [0, 0.1) is 5.82 Å². The Bertz CT molecular complexity index is 742. The maximum Gasteiger partial charge on any atom is 0.123 e. The predicted octanol–water partition coefficient (Wildman–Crippen LogP) is 3.35. The molecular weight excluding hydrogens is 263 g/mol. The normalized spacial score (nSPS) is 29.1. The average molecular weight is 280 g/mol. The van der Waals surface area contributed by atoms with Gasteiger partial charge in [0.05, 0.1) is 0 Å². The summed E-state index contributed by atoms with van der Waals surface area (Å²) in [7, 11) is 0. The van der Waals surface area contributed by atoms with Gasteiger partial charge in [0.2, 0.25) is 0 Å². The fourth-order valence-electron chi connectivity index (χ4n) is 3.92. The summed E-state index contributed by atoms with van der Waals surface area (Å²) >= 11 is 0. The van der Waals surface area contributed by atoms with Gasteiger partial charge in [0.15, 0.2) is 0 Å². The zero-order chi connectivity index (χ0) is 14.6. The van der Waals surface area contributed by atoms with Crippen molar-refractivity contribution >= 4 is 0 Å². The second-order valence-electron chi connectivity index (χ2n) is 5.90. The summed E-state index contributed by atoms with van der Waals surface area (Å²) in [6, 6.07) is 5.17. The van der Waals surface area contributed by atoms with Gasteiger partial charge in [0, 0.05) is 11.7 Å². The van der Waals surface area contributed by atoms with Crippen LogP contribution in [0.25, 0.3) is 0 Å². The maximum absolute atomic E-state index is 13.8. The first kappa shape index (κ1) is 12.6. The number of allylic oxidation sites excluding steroid dienone is 4. The smallest absolute Gasteiger partial charge is 0.123 e. The number of fused-ring (bicyclic) bond motifs is 6. The van der Waals surface area contributed by atoms with Crippen LogP contribution in [0.3, 0.4) is 0 Å². The van der Waals surface area contributed by atoms with Crippen LogP contribution in [0.1, 0.15) is 30.0 Å². The highest BCUT2D eigenvalue weighted by atomic mass is 19.1. The zero-order valence-corrected chi connectivity index (χ0v) is 11.7. The quantitative estimate of drug-likeness (QED) is 0.828. The number of halogens is 1. The summed E-state index contributed by atoms with van der Waals surface area (Å²) in [6.45, 7) is 4.01. The fraction of sp³-hybridized carbons (Fsp3) is 0.222. The lowest BCUT2D eigenvalue weighted by molar-refractivity contribution is 0.395. The Balaban J connectivity index is 2.03. The Morgan fingerprint density at radius 1 is 1.38 bits per heavy atom. The molecule has 0 saturated heterocycles. The molecule has 2 atom stereocenters. The number of benzene rings is 1. The van der Waals surface area contributed by atoms with Crippen LogP contribution in [0.2, 0.25) is 0 Å². The van der Waals surface area contributed by atoms with E-state index in [0.29, 0.717) is 5.70 Å². The molecule has 0 radical (unpaired) electrons. The molecule has 106 valence electrons. The Morgan fingerprint density at radius 3 is 3.05 bits per heavy atom. The van der Waals surface area contributed by atoms with Gasteiger partial charge in [0.25, 0.3) is 0 Å². The number of hydrogen-bond acceptors (Lipinski definition) is 2. The van der Waals surface area contributed by atoms with Gasteiger partial charge in [-0.2, -0.15) is 0 Å². The predicted molar refractivity (Wildman–Crippen MR) is 81.8 cm³/mol. The summed E-state index contributed by atoms with van der Waals surface area (Å²) < 4.78 is 13.8. The third-order valence-corrected chi connectivity index (χ3v) is 4.80. The third-order valence-electron chi connectivity index (χ3n) is 4.80. The highest BCUT2D eigenvalue weighted by Crippen LogP contribution is 2.53. The molecule has 4 rings (SSSR count). The molecule has 1 aromatic rings. The van der Waals surface area contributed by atoms with E-state index in [-0.39, 0.29) is 11.9 Å². The first-order valence-corrected chi connectivity index (χ1v) is 7.21. The van der Waals surface area contributed by atoms with Crippen molar-refractivity contribution in [3.63, 3.8) is 0 Å². The van der Waals surface area contributed by atoms with Crippen molar-refractivity contribution in [2.45, 2.75) is 24.4 Å². The minimum Gasteiger partial charge on any atom is -0.400 e. The summed E-state index contributed by atoms with van der Waals surface area (Å²) in [5.74, 6) is -0.231. The van der Waals surface area contributed by atoms with Crippen molar-refractivity contribution < 1.29 is 4.39 Å². The summed E-state index contributed by atoms with van der Waals surface area (Å²) in [4.78, 5) is 0. The molecule has 2 aliphatic heterocycles. The molecule has 0 spiro atoms. The molecule has 0 aromatic heterocycles. The summed E-state index contributed by atoms with van der Waals surface area (Å²) in [5.41, 5.74) is 10.6. The van der Waals surface area contributed by atoms with Crippen LogP contribution >= 0.6 is 0 Å². The van der Waals surface area contributed by atoms with Crippen molar-refractivity contribution in [3.05, 3.63) is 82.9 Å². The average Bonchev–Trinajstić information content (AvgIpc) is 2.61. The molecule has 2 bridgehead atoms. The Kier molecular flexibility index (Phi) is 2.51. The number of hydrogen-bond donors (Lipinski definition) is 2. The van der Waals surface area contributed by atoms with E-state index in [4.69, 9.17) is 5.73 Å². The van der Waals surface area contributed by atoms with E-state index in [1.807, 2.05) is 12.1 Å². The highest BCUT2D eigenvalue weighted by Gasteiger charge is 2.50. The van der Waals surface area contributed by atoms with E-state index in [0.717, 1.165) is 24.0 Å². The second-order valence-corrected chi connectivity index (χ2v) is 5.90. The Morgan fingerprint density at radius 2 is 2.24 bits per heavy atom. The van der Waals surface area contributed by atoms with Gasteiger partial charge in [-0.1, -0.05) is 36.9 Å². The van der Waals surface area contributed by atoms with Gasteiger partial charge >= 0.3 is 0 Å². The van der Waals surface area contributed by atoms with E-state index >= 15 is 0 Å². The van der Waals surface area contributed by atoms with Crippen LogP contribution in [0.5, 0.6) is 0 Å². The molecule has 2 unspecified atom stereocenters. The minimum absolute atomic E-state index is 0.169. The lowest BCUT2D eigenvalue weighted by Crippen LogP contribution is -2.47. The van der Waals surface area contributed by atoms with Crippen LogP contribution in [-0.2, 0) is 5.54 Å². The molecule has 1 aromatic carbocycles. The molecular formula is C18H17FN2. The van der Waals surface area contributed by atoms with Crippen molar-refractivity contribution in [3.8, 4) is 0 Å². The number of nitrogens with two attached hydrogens (primary N) is 1. The van der Waals surface area contributed by atoms with Gasteiger partial charge in [-0.05, 0) is 47.2 Å². The number of rotatable bonds is 1. The molecule has 3 heteroatoms. The van der Waals surface area contributed by atoms with Gasteiger partial charge in [-0.25, -0.2) is 4.39 Å². The zero-order valence-electron chi connectivity index (χ0n) is 11.7. The fourth-order valence-corrected chi connectivity index (χ4v) is 3.92. The third kappa shape index (κ3) is 1.55. The molecule has 0 fully saturated rings. The van der Waals surface area contributed by atoms with Crippen molar-refractivity contribution in [2.24, 2.45) is 5.73 Å². The van der Waals surface area contributed by atoms with Gasteiger partial charge in [-0.3, -0.25) is 5.32 Å². The lowest BCUT2D eigenvalue weighted by atomic mass is 9.77. The topological polar surface area (TPSA) is 38.0 Å². The lowest BCUT2D eigenvalue weighted by Gasteiger charge is -2.39. The maximum atomic E-state index is 13.8. The van der Waals surface area contributed by atoms with Crippen LogP contribution in [0.15, 0.2) is 65.9 Å². The second kappa shape index (κ2) is 4.18. The first-order chi connectivity index (χ1) is 10.1. The molecule has 1 aliphatic carbocycles. The monoisotopic (exact) mass is 280 g/mol. The molecule has 21 heavy (non-hydrogen) atoms. The van der Waals surface area contributed by atoms with Crippen molar-refractivity contribution in [1.29, 1.82) is 0 Å². The minimum atomic E-state index is -0.630.